The lowest BCUT2D eigenvalue weighted by Crippen LogP contribution is -2.43. The van der Waals surface area contributed by atoms with E-state index < -0.39 is 0 Å². The van der Waals surface area contributed by atoms with Crippen LogP contribution in [0.5, 0.6) is 0 Å². The van der Waals surface area contributed by atoms with E-state index >= 15 is 0 Å². The number of nitrogens with zero attached hydrogens (tertiary/aromatic N) is 8. The highest BCUT2D eigenvalue weighted by molar-refractivity contribution is 6.07. The third-order valence-corrected chi connectivity index (χ3v) is 19.9. The van der Waals surface area contributed by atoms with Gasteiger partial charge in [-0.3, -0.25) is 0 Å². The summed E-state index contributed by atoms with van der Waals surface area (Å²) in [4.78, 5) is 4.75. The molecule has 4 aromatic heterocycles. The van der Waals surface area contributed by atoms with E-state index in [9.17, 15) is 0 Å². The van der Waals surface area contributed by atoms with Gasteiger partial charge in [-0.25, -0.2) is 9.13 Å². The fraction of sp³-hybridized carbons (Fsp3) is 0.361. The number of rotatable bonds is 13. The number of hydrogen-bond donors (Lipinski definition) is 0. The van der Waals surface area contributed by atoms with Crippen LogP contribution in [-0.2, 0) is 66.0 Å². The van der Waals surface area contributed by atoms with Crippen LogP contribution in [0.25, 0.3) is 0 Å². The Morgan fingerprint density at radius 3 is 0.900 bits per heavy atom. The van der Waals surface area contributed by atoms with Crippen molar-refractivity contribution in [1.82, 2.24) is 0 Å². The van der Waals surface area contributed by atoms with E-state index in [4.69, 9.17) is 10.2 Å². The summed E-state index contributed by atoms with van der Waals surface area (Å²) in [6, 6.07) is 36.0. The standard InChI is InChI=1S/C72H86N8/c1-43-51(9)75(17)52(10)44(2)65(43)37-67-47(5)55(13)77(56(14)48(67)6)39-59-27-31-61(32-28-59)41-79-69-25-21-19-23-63(69)35-71(79)73-74-72-36-64-24-20-22-26-70(64)80(72)42-62-33-29-60(30-34-62)40-78-57(15)49(7)68(50(8)58(78)16)38-66-45(3)53(11)76(18)54(12)46(66)4/h19-34H,35-42H2,1-18H3/q+4/b73-71+,74-72+. The summed E-state index contributed by atoms with van der Waals surface area (Å²) in [6.45, 7) is 39.8. The highest BCUT2D eigenvalue weighted by atomic mass is 15.4. The summed E-state index contributed by atoms with van der Waals surface area (Å²) in [6.07, 6.45) is 3.40. The van der Waals surface area contributed by atoms with Gasteiger partial charge in [0.25, 0.3) is 0 Å². The summed E-state index contributed by atoms with van der Waals surface area (Å²) in [5.74, 6) is 1.95. The van der Waals surface area contributed by atoms with E-state index in [0.717, 1.165) is 63.5 Å². The highest BCUT2D eigenvalue weighted by Crippen LogP contribution is 2.35. The van der Waals surface area contributed by atoms with E-state index in [2.05, 4.69) is 250 Å². The molecule has 0 unspecified atom stereocenters. The average Bonchev–Trinajstić information content (AvgIpc) is 4.00. The molecule has 2 aliphatic rings. The number of anilines is 2. The molecular weight excluding hydrogens is 977 g/mol. The van der Waals surface area contributed by atoms with Gasteiger partial charge >= 0.3 is 0 Å². The number of pyridine rings is 4. The third-order valence-electron chi connectivity index (χ3n) is 19.9. The Bertz CT molecular complexity index is 3490. The van der Waals surface area contributed by atoms with Crippen molar-refractivity contribution >= 4 is 23.0 Å². The number of fused-ring (bicyclic) bond motifs is 2. The largest absolute Gasteiger partial charge is 0.323 e. The van der Waals surface area contributed by atoms with Gasteiger partial charge in [0.05, 0.1) is 0 Å². The SMILES string of the molecule is Cc1c(Cc2c(C)c(C)[n+](Cc3ccc(CN4/C(=N/N=C5\Cc6ccccc6N5Cc5ccc(C[n+]6c(C)c(C)c(Cc7c(C)c(C)[n+](C)c(C)c7C)c(C)c6C)cc5)Cc5ccccc54)cc3)c(C)c2C)c(C)c(C)[n+](C)c1C. The van der Waals surface area contributed by atoms with Gasteiger partial charge in [0, 0.05) is 148 Å². The second-order valence-electron chi connectivity index (χ2n) is 23.7. The molecule has 8 nitrogen and oxygen atoms in total. The topological polar surface area (TPSA) is 46.7 Å². The van der Waals surface area contributed by atoms with Crippen LogP contribution in [0, 0.1) is 111 Å². The van der Waals surface area contributed by atoms with Crippen LogP contribution in [0.3, 0.4) is 0 Å². The molecule has 0 spiro atoms. The zero-order valence-electron chi connectivity index (χ0n) is 51.5. The van der Waals surface area contributed by atoms with E-state index in [1.54, 1.807) is 0 Å². The van der Waals surface area contributed by atoms with Crippen molar-refractivity contribution < 1.29 is 18.3 Å². The number of para-hydroxylation sites is 2. The summed E-state index contributed by atoms with van der Waals surface area (Å²) in [5, 5.41) is 10.3. The first-order valence-electron chi connectivity index (χ1n) is 29.0. The molecule has 0 bridgehead atoms. The number of hydrogen-bond acceptors (Lipinski definition) is 2. The fourth-order valence-electron chi connectivity index (χ4n) is 13.1. The van der Waals surface area contributed by atoms with Gasteiger partial charge in [-0.05, 0) is 125 Å². The van der Waals surface area contributed by atoms with Gasteiger partial charge in [0.1, 0.15) is 25.8 Å². The van der Waals surface area contributed by atoms with Crippen molar-refractivity contribution in [3.05, 3.63) is 243 Å². The molecule has 80 heavy (non-hydrogen) atoms. The third kappa shape index (κ3) is 10.1. The van der Waals surface area contributed by atoms with Gasteiger partial charge in [-0.1, -0.05) is 84.9 Å². The lowest BCUT2D eigenvalue weighted by molar-refractivity contribution is -0.701. The molecule has 10 rings (SSSR count). The smallest absolute Gasteiger partial charge is 0.181 e. The summed E-state index contributed by atoms with van der Waals surface area (Å²) < 4.78 is 9.70. The summed E-state index contributed by atoms with van der Waals surface area (Å²) in [7, 11) is 4.37. The first-order valence-corrected chi connectivity index (χ1v) is 29.0. The molecule has 8 aromatic rings. The van der Waals surface area contributed by atoms with Crippen molar-refractivity contribution in [3.8, 4) is 0 Å². The lowest BCUT2D eigenvalue weighted by Gasteiger charge is -2.22. The van der Waals surface area contributed by atoms with Gasteiger partial charge in [0.2, 0.25) is 0 Å². The van der Waals surface area contributed by atoms with Crippen molar-refractivity contribution in [3.63, 3.8) is 0 Å². The molecule has 0 radical (unpaired) electrons. The first kappa shape index (κ1) is 55.7. The van der Waals surface area contributed by atoms with Crippen LogP contribution in [-0.4, -0.2) is 11.7 Å². The molecule has 8 heteroatoms. The Balaban J connectivity index is 0.858. The van der Waals surface area contributed by atoms with Crippen LogP contribution in [0.15, 0.2) is 107 Å². The average molecular weight is 1060 g/mol. The predicted molar refractivity (Wildman–Crippen MR) is 329 cm³/mol. The van der Waals surface area contributed by atoms with Gasteiger partial charge < -0.3 is 9.80 Å². The first-order chi connectivity index (χ1) is 38.1. The van der Waals surface area contributed by atoms with Gasteiger partial charge in [-0.15, -0.1) is 10.2 Å². The number of amidine groups is 2. The minimum atomic E-state index is 0.719. The van der Waals surface area contributed by atoms with Crippen LogP contribution in [0.2, 0.25) is 0 Å². The molecule has 0 aliphatic carbocycles. The minimum Gasteiger partial charge on any atom is -0.323 e. The maximum Gasteiger partial charge on any atom is 0.181 e. The van der Waals surface area contributed by atoms with Crippen LogP contribution in [0.4, 0.5) is 11.4 Å². The van der Waals surface area contributed by atoms with E-state index in [1.807, 2.05) is 0 Å². The zero-order chi connectivity index (χ0) is 57.2. The van der Waals surface area contributed by atoms with Crippen LogP contribution in [0.1, 0.15) is 146 Å². The zero-order valence-corrected chi connectivity index (χ0v) is 51.5. The Morgan fingerprint density at radius 1 is 0.338 bits per heavy atom. The minimum absolute atomic E-state index is 0.719. The molecule has 0 amide bonds. The van der Waals surface area contributed by atoms with Crippen molar-refractivity contribution in [2.75, 3.05) is 9.80 Å². The molecule has 6 heterocycles. The Hall–Kier alpha value is -7.58. The van der Waals surface area contributed by atoms with E-state index in [1.165, 1.54) is 157 Å². The van der Waals surface area contributed by atoms with Crippen molar-refractivity contribution in [2.45, 2.75) is 163 Å². The van der Waals surface area contributed by atoms with Gasteiger partial charge in [-0.2, -0.15) is 9.13 Å². The number of aromatic nitrogens is 4. The molecule has 0 N–H and O–H groups in total. The molecule has 4 aromatic carbocycles. The Labute approximate surface area is 478 Å². The molecular formula is C72H86N8+4. The highest BCUT2D eigenvalue weighted by Gasteiger charge is 2.31. The Kier molecular flexibility index (Phi) is 15.4. The predicted octanol–water partition coefficient (Wildman–Crippen LogP) is 12.7. The summed E-state index contributed by atoms with van der Waals surface area (Å²) >= 11 is 0. The quantitative estimate of drug-likeness (QED) is 0.0853. The normalized spacial score (nSPS) is 14.1. The van der Waals surface area contributed by atoms with Crippen molar-refractivity contribution in [1.29, 1.82) is 0 Å². The maximum absolute atomic E-state index is 5.16. The van der Waals surface area contributed by atoms with Crippen molar-refractivity contribution in [2.24, 2.45) is 24.3 Å². The maximum atomic E-state index is 5.16. The van der Waals surface area contributed by atoms with Gasteiger partial charge in [0.15, 0.2) is 58.6 Å². The second kappa shape index (κ2) is 22.2. The molecule has 0 saturated carbocycles. The molecule has 0 fully saturated rings. The molecule has 0 atom stereocenters. The Morgan fingerprint density at radius 2 is 0.600 bits per heavy atom. The fourth-order valence-corrected chi connectivity index (χ4v) is 13.1. The van der Waals surface area contributed by atoms with Crippen LogP contribution < -0.4 is 28.1 Å². The molecule has 410 valence electrons. The molecule has 2 aliphatic heterocycles. The molecule has 0 saturated heterocycles. The lowest BCUT2D eigenvalue weighted by atomic mass is 9.89. The summed E-state index contributed by atoms with van der Waals surface area (Å²) in [5.41, 5.74) is 37.8. The monoisotopic (exact) mass is 1060 g/mol. The van der Waals surface area contributed by atoms with E-state index in [0.29, 0.717) is 0 Å². The number of benzene rings is 4. The van der Waals surface area contributed by atoms with Crippen LogP contribution >= 0.6 is 0 Å². The second-order valence-corrected chi connectivity index (χ2v) is 23.7. The van der Waals surface area contributed by atoms with E-state index in [-0.39, 0.29) is 0 Å².